The molecule has 35 heavy (non-hydrogen) atoms. The molecule has 0 radical (unpaired) electrons. The summed E-state index contributed by atoms with van der Waals surface area (Å²) >= 11 is 0. The van der Waals surface area contributed by atoms with Crippen molar-refractivity contribution in [3.05, 3.63) is 48.2 Å². The van der Waals surface area contributed by atoms with E-state index in [0.29, 0.717) is 35.4 Å². The molecule has 5 aromatic rings. The van der Waals surface area contributed by atoms with E-state index in [1.165, 1.54) is 4.68 Å². The zero-order valence-electron chi connectivity index (χ0n) is 20.2. The highest BCUT2D eigenvalue weighted by Crippen LogP contribution is 2.32. The van der Waals surface area contributed by atoms with Crippen LogP contribution in [0.2, 0.25) is 0 Å². The van der Waals surface area contributed by atoms with Gasteiger partial charge in [0.15, 0.2) is 17.5 Å². The normalized spacial score (nSPS) is 11.5. The van der Waals surface area contributed by atoms with Gasteiger partial charge in [-0.05, 0) is 18.6 Å². The summed E-state index contributed by atoms with van der Waals surface area (Å²) in [6.07, 6.45) is 7.69. The number of methoxy groups -OCH3 is 1. The van der Waals surface area contributed by atoms with Gasteiger partial charge in [-0.25, -0.2) is 19.2 Å². The quantitative estimate of drug-likeness (QED) is 0.382. The molecule has 0 aliphatic carbocycles. The van der Waals surface area contributed by atoms with Crippen molar-refractivity contribution >= 4 is 23.1 Å². The van der Waals surface area contributed by atoms with Crippen LogP contribution in [-0.2, 0) is 25.4 Å². The Morgan fingerprint density at radius 3 is 2.66 bits per heavy atom. The molecule has 180 valence electrons. The number of imidazole rings is 1. The van der Waals surface area contributed by atoms with E-state index in [1.807, 2.05) is 50.2 Å². The van der Waals surface area contributed by atoms with Crippen molar-refractivity contribution in [3.8, 4) is 22.9 Å². The number of fused-ring (bicyclic) bond motifs is 1. The van der Waals surface area contributed by atoms with Crippen LogP contribution in [0.15, 0.2) is 36.9 Å². The van der Waals surface area contributed by atoms with Gasteiger partial charge in [0.1, 0.15) is 5.52 Å². The SMILES string of the molecule is CCC(=O)n1nc(Nc2nc(-c3nccn3C)nn3cc(-c4ccn(C)n4)c(C)c23)cc1COC. The summed E-state index contributed by atoms with van der Waals surface area (Å²) in [5.74, 6) is 1.95. The number of aryl methyl sites for hydroxylation is 3. The standard InChI is InChI=1S/C23H26N10O2/c1-6-19(34)33-15(13-35-5)11-18(28-33)25-21-20-14(2)16(17-7-9-31(4)27-17)12-32(20)29-22(26-21)23-24-8-10-30(23)3/h7-12H,6,13H2,1-5H3,(H,25,26,28,29). The minimum atomic E-state index is -0.122. The first-order valence-corrected chi connectivity index (χ1v) is 11.1. The number of carbonyl (C=O) groups excluding carboxylic acids is 1. The van der Waals surface area contributed by atoms with E-state index in [0.717, 1.165) is 22.3 Å². The Morgan fingerprint density at radius 2 is 2.00 bits per heavy atom. The molecule has 12 heteroatoms. The molecule has 1 N–H and O–H groups in total. The molecule has 5 rings (SSSR count). The van der Waals surface area contributed by atoms with Crippen molar-refractivity contribution in [1.82, 2.24) is 43.7 Å². The van der Waals surface area contributed by atoms with Crippen molar-refractivity contribution < 1.29 is 9.53 Å². The summed E-state index contributed by atoms with van der Waals surface area (Å²) in [5, 5.41) is 17.1. The lowest BCUT2D eigenvalue weighted by Gasteiger charge is -2.09. The molecule has 0 aliphatic rings. The van der Waals surface area contributed by atoms with Gasteiger partial charge in [0.25, 0.3) is 0 Å². The van der Waals surface area contributed by atoms with E-state index in [9.17, 15) is 4.79 Å². The molecule has 12 nitrogen and oxygen atoms in total. The molecule has 0 amide bonds. The van der Waals surface area contributed by atoms with Crippen LogP contribution in [0.5, 0.6) is 0 Å². The first kappa shape index (κ1) is 22.5. The fraction of sp³-hybridized carbons (Fsp3) is 0.304. The van der Waals surface area contributed by atoms with Gasteiger partial charge in [0.05, 0.1) is 18.0 Å². The maximum atomic E-state index is 12.4. The molecule has 0 aromatic carbocycles. The van der Waals surface area contributed by atoms with Crippen LogP contribution in [0.4, 0.5) is 11.6 Å². The average molecular weight is 475 g/mol. The summed E-state index contributed by atoms with van der Waals surface area (Å²) in [4.78, 5) is 21.6. The first-order valence-electron chi connectivity index (χ1n) is 11.1. The highest BCUT2D eigenvalue weighted by Gasteiger charge is 2.21. The Hall–Kier alpha value is -4.32. The highest BCUT2D eigenvalue weighted by atomic mass is 16.5. The van der Waals surface area contributed by atoms with Gasteiger partial charge in [0.2, 0.25) is 11.7 Å². The Kier molecular flexibility index (Phi) is 5.65. The Labute approximate surface area is 201 Å². The second-order valence-electron chi connectivity index (χ2n) is 8.22. The molecule has 0 atom stereocenters. The second-order valence-corrected chi connectivity index (χ2v) is 8.22. The van der Waals surface area contributed by atoms with Crippen molar-refractivity contribution in [2.24, 2.45) is 14.1 Å². The van der Waals surface area contributed by atoms with E-state index in [4.69, 9.17) is 14.8 Å². The fourth-order valence-corrected chi connectivity index (χ4v) is 4.03. The van der Waals surface area contributed by atoms with E-state index in [1.54, 1.807) is 35.5 Å². The number of nitrogens with zero attached hydrogens (tertiary/aromatic N) is 9. The van der Waals surface area contributed by atoms with Crippen molar-refractivity contribution in [2.75, 3.05) is 12.4 Å². The van der Waals surface area contributed by atoms with Crippen LogP contribution < -0.4 is 5.32 Å². The number of ether oxygens (including phenoxy) is 1. The number of hydrogen-bond acceptors (Lipinski definition) is 8. The molecule has 0 aliphatic heterocycles. The van der Waals surface area contributed by atoms with Gasteiger partial charge in [-0.15, -0.1) is 10.2 Å². The smallest absolute Gasteiger partial charge is 0.246 e. The molecule has 0 saturated carbocycles. The molecule has 5 heterocycles. The molecule has 0 bridgehead atoms. The molecule has 0 unspecified atom stereocenters. The molecular weight excluding hydrogens is 448 g/mol. The van der Waals surface area contributed by atoms with Crippen LogP contribution >= 0.6 is 0 Å². The number of aromatic nitrogens is 9. The summed E-state index contributed by atoms with van der Waals surface area (Å²) in [7, 11) is 5.35. The number of carbonyl (C=O) groups is 1. The monoisotopic (exact) mass is 474 g/mol. The summed E-state index contributed by atoms with van der Waals surface area (Å²) in [6.45, 7) is 4.06. The third-order valence-electron chi connectivity index (χ3n) is 5.76. The van der Waals surface area contributed by atoms with Gasteiger partial charge < -0.3 is 14.6 Å². The summed E-state index contributed by atoms with van der Waals surface area (Å²) in [5.41, 5.74) is 4.15. The van der Waals surface area contributed by atoms with E-state index >= 15 is 0 Å². The van der Waals surface area contributed by atoms with Gasteiger partial charge in [-0.3, -0.25) is 9.48 Å². The highest BCUT2D eigenvalue weighted by molar-refractivity contribution is 5.84. The number of hydrogen-bond donors (Lipinski definition) is 1. The Morgan fingerprint density at radius 1 is 1.17 bits per heavy atom. The van der Waals surface area contributed by atoms with Crippen LogP contribution in [0.1, 0.15) is 29.4 Å². The predicted octanol–water partition coefficient (Wildman–Crippen LogP) is 2.98. The topological polar surface area (TPSA) is 122 Å². The summed E-state index contributed by atoms with van der Waals surface area (Å²) < 4.78 is 12.0. The number of anilines is 2. The first-order chi connectivity index (χ1) is 16.9. The molecule has 0 spiro atoms. The molecule has 5 aromatic heterocycles. The fourth-order valence-electron chi connectivity index (χ4n) is 4.03. The minimum Gasteiger partial charge on any atom is -0.378 e. The van der Waals surface area contributed by atoms with Crippen molar-refractivity contribution in [3.63, 3.8) is 0 Å². The lowest BCUT2D eigenvalue weighted by Crippen LogP contribution is -2.14. The van der Waals surface area contributed by atoms with E-state index in [-0.39, 0.29) is 12.5 Å². The van der Waals surface area contributed by atoms with Gasteiger partial charge >= 0.3 is 0 Å². The number of nitrogens with one attached hydrogen (secondary N) is 1. The molecule has 0 fully saturated rings. The van der Waals surface area contributed by atoms with Gasteiger partial charge in [-0.1, -0.05) is 6.92 Å². The molecule has 0 saturated heterocycles. The zero-order chi connectivity index (χ0) is 24.7. The van der Waals surface area contributed by atoms with Crippen LogP contribution in [0.3, 0.4) is 0 Å². The maximum absolute atomic E-state index is 12.4. The van der Waals surface area contributed by atoms with Crippen LogP contribution in [-0.4, -0.2) is 56.7 Å². The second kappa shape index (κ2) is 8.80. The minimum absolute atomic E-state index is 0.122. The predicted molar refractivity (Wildman–Crippen MR) is 129 cm³/mol. The lowest BCUT2D eigenvalue weighted by atomic mass is 10.1. The van der Waals surface area contributed by atoms with E-state index < -0.39 is 0 Å². The zero-order valence-corrected chi connectivity index (χ0v) is 20.2. The number of rotatable bonds is 7. The van der Waals surface area contributed by atoms with Crippen molar-refractivity contribution in [1.29, 1.82) is 0 Å². The third-order valence-corrected chi connectivity index (χ3v) is 5.76. The van der Waals surface area contributed by atoms with Crippen LogP contribution in [0, 0.1) is 6.92 Å². The lowest BCUT2D eigenvalue weighted by molar-refractivity contribution is 0.0876. The van der Waals surface area contributed by atoms with Crippen LogP contribution in [0.25, 0.3) is 28.4 Å². The van der Waals surface area contributed by atoms with Gasteiger partial charge in [-0.2, -0.15) is 5.10 Å². The Balaban J connectivity index is 1.68. The van der Waals surface area contributed by atoms with Crippen molar-refractivity contribution in [2.45, 2.75) is 26.9 Å². The molecular formula is C23H26N10O2. The third kappa shape index (κ3) is 3.97. The Bertz CT molecular complexity index is 1540. The summed E-state index contributed by atoms with van der Waals surface area (Å²) in [6, 6.07) is 3.74. The van der Waals surface area contributed by atoms with Gasteiger partial charge in [0, 0.05) is 64.0 Å². The maximum Gasteiger partial charge on any atom is 0.246 e. The largest absolute Gasteiger partial charge is 0.378 e. The van der Waals surface area contributed by atoms with E-state index in [2.05, 4.69) is 20.5 Å². The average Bonchev–Trinajstić information content (AvgIpc) is 3.61.